The molecule has 1 heterocycles. The Balaban J connectivity index is 2.55. The number of aliphatic carboxylic acids is 1. The minimum absolute atomic E-state index is 0.114. The normalized spacial score (nSPS) is 25.3. The van der Waals surface area contributed by atoms with Crippen molar-refractivity contribution in [2.75, 3.05) is 13.1 Å². The number of piperidine rings is 1. The van der Waals surface area contributed by atoms with Crippen molar-refractivity contribution in [1.82, 2.24) is 4.90 Å². The number of hydrogen-bond donors (Lipinski definition) is 1. The summed E-state index contributed by atoms with van der Waals surface area (Å²) in [5, 5.41) is 17.7. The minimum Gasteiger partial charge on any atom is -0.481 e. The number of likely N-dealkylation sites (tertiary alicyclic amines) is 1. The predicted octanol–water partition coefficient (Wildman–Crippen LogP) is 1.09. The van der Waals surface area contributed by atoms with E-state index in [-0.39, 0.29) is 12.0 Å². The molecule has 0 aromatic rings. The average molecular weight is 196 g/mol. The van der Waals surface area contributed by atoms with Gasteiger partial charge in [-0.1, -0.05) is 6.92 Å². The molecule has 0 aliphatic carbocycles. The van der Waals surface area contributed by atoms with Crippen molar-refractivity contribution in [3.63, 3.8) is 0 Å². The predicted molar refractivity (Wildman–Crippen MR) is 51.6 cm³/mol. The molecule has 0 bridgehead atoms. The molecule has 0 spiro atoms. The zero-order valence-corrected chi connectivity index (χ0v) is 8.44. The molecule has 4 nitrogen and oxygen atoms in total. The fourth-order valence-corrected chi connectivity index (χ4v) is 1.92. The van der Waals surface area contributed by atoms with Crippen molar-refractivity contribution in [3.8, 4) is 6.07 Å². The van der Waals surface area contributed by atoms with Crippen LogP contribution < -0.4 is 0 Å². The van der Waals surface area contributed by atoms with Crippen LogP contribution in [-0.2, 0) is 4.79 Å². The lowest BCUT2D eigenvalue weighted by Gasteiger charge is -2.33. The van der Waals surface area contributed by atoms with E-state index in [1.165, 1.54) is 0 Å². The Morgan fingerprint density at radius 3 is 3.00 bits per heavy atom. The van der Waals surface area contributed by atoms with Crippen molar-refractivity contribution in [2.24, 2.45) is 5.92 Å². The van der Waals surface area contributed by atoms with Gasteiger partial charge in [0.05, 0.1) is 18.0 Å². The minimum atomic E-state index is -0.734. The van der Waals surface area contributed by atoms with Crippen molar-refractivity contribution in [2.45, 2.75) is 32.2 Å². The highest BCUT2D eigenvalue weighted by Crippen LogP contribution is 2.19. The number of nitriles is 1. The zero-order chi connectivity index (χ0) is 10.6. The van der Waals surface area contributed by atoms with Crippen molar-refractivity contribution in [3.05, 3.63) is 0 Å². The summed E-state index contributed by atoms with van der Waals surface area (Å²) in [6.07, 6.45) is 2.39. The Bertz CT molecular complexity index is 247. The van der Waals surface area contributed by atoms with Crippen LogP contribution in [0.1, 0.15) is 26.2 Å². The number of carboxylic acid groups (broad SMARTS) is 1. The molecule has 0 radical (unpaired) electrons. The molecule has 2 unspecified atom stereocenters. The topological polar surface area (TPSA) is 64.3 Å². The molecule has 4 heteroatoms. The van der Waals surface area contributed by atoms with Crippen LogP contribution in [0, 0.1) is 17.2 Å². The first kappa shape index (κ1) is 11.0. The molecule has 1 N–H and O–H groups in total. The van der Waals surface area contributed by atoms with E-state index in [4.69, 9.17) is 10.4 Å². The third kappa shape index (κ3) is 2.46. The SMILES string of the molecule is CCC(C#N)N1CCCC(C(=O)O)C1. The zero-order valence-electron chi connectivity index (χ0n) is 8.44. The van der Waals surface area contributed by atoms with Crippen molar-refractivity contribution in [1.29, 1.82) is 5.26 Å². The first-order valence-corrected chi connectivity index (χ1v) is 5.05. The third-order valence-corrected chi connectivity index (χ3v) is 2.78. The molecule has 2 atom stereocenters. The fourth-order valence-electron chi connectivity index (χ4n) is 1.92. The van der Waals surface area contributed by atoms with Crippen LogP contribution in [0.15, 0.2) is 0 Å². The van der Waals surface area contributed by atoms with Gasteiger partial charge in [-0.15, -0.1) is 0 Å². The summed E-state index contributed by atoms with van der Waals surface area (Å²) in [7, 11) is 0. The second-order valence-corrected chi connectivity index (χ2v) is 3.73. The fraction of sp³-hybridized carbons (Fsp3) is 0.800. The average Bonchev–Trinajstić information content (AvgIpc) is 2.20. The molecule has 78 valence electrons. The quantitative estimate of drug-likeness (QED) is 0.733. The largest absolute Gasteiger partial charge is 0.481 e. The third-order valence-electron chi connectivity index (χ3n) is 2.78. The molecule has 1 fully saturated rings. The number of rotatable bonds is 3. The number of hydrogen-bond acceptors (Lipinski definition) is 3. The maximum Gasteiger partial charge on any atom is 0.307 e. The summed E-state index contributed by atoms with van der Waals surface area (Å²) in [4.78, 5) is 12.8. The molecular formula is C10H16N2O2. The molecular weight excluding hydrogens is 180 g/mol. The highest BCUT2D eigenvalue weighted by atomic mass is 16.4. The van der Waals surface area contributed by atoms with E-state index in [1.807, 2.05) is 11.8 Å². The summed E-state index contributed by atoms with van der Waals surface area (Å²) in [5.74, 6) is -1.02. The Morgan fingerprint density at radius 2 is 2.50 bits per heavy atom. The summed E-state index contributed by atoms with van der Waals surface area (Å²) >= 11 is 0. The maximum atomic E-state index is 10.8. The van der Waals surface area contributed by atoms with Crippen molar-refractivity contribution >= 4 is 5.97 Å². The molecule has 0 saturated carbocycles. The van der Waals surface area contributed by atoms with Crippen LogP contribution in [0.3, 0.4) is 0 Å². The van der Waals surface area contributed by atoms with Crippen LogP contribution in [0.25, 0.3) is 0 Å². The lowest BCUT2D eigenvalue weighted by atomic mass is 9.96. The number of carbonyl (C=O) groups is 1. The second kappa shape index (κ2) is 4.97. The van der Waals surface area contributed by atoms with Crippen LogP contribution in [-0.4, -0.2) is 35.1 Å². The smallest absolute Gasteiger partial charge is 0.307 e. The van der Waals surface area contributed by atoms with Gasteiger partial charge < -0.3 is 5.11 Å². The molecule has 0 aromatic heterocycles. The van der Waals surface area contributed by atoms with Gasteiger partial charge in [0.2, 0.25) is 0 Å². The molecule has 1 aliphatic heterocycles. The summed E-state index contributed by atoms with van der Waals surface area (Å²) in [6, 6.07) is 2.10. The molecule has 1 rings (SSSR count). The Hall–Kier alpha value is -1.08. The first-order chi connectivity index (χ1) is 6.69. The van der Waals surface area contributed by atoms with E-state index in [1.54, 1.807) is 0 Å². The van der Waals surface area contributed by atoms with Crippen LogP contribution in [0.2, 0.25) is 0 Å². The van der Waals surface area contributed by atoms with Crippen LogP contribution in [0.4, 0.5) is 0 Å². The highest BCUT2D eigenvalue weighted by molar-refractivity contribution is 5.70. The van der Waals surface area contributed by atoms with Gasteiger partial charge in [0.15, 0.2) is 0 Å². The van der Waals surface area contributed by atoms with E-state index in [9.17, 15) is 4.79 Å². The van der Waals surface area contributed by atoms with E-state index < -0.39 is 5.97 Å². The van der Waals surface area contributed by atoms with Gasteiger partial charge in [0.25, 0.3) is 0 Å². The molecule has 14 heavy (non-hydrogen) atoms. The van der Waals surface area contributed by atoms with Gasteiger partial charge in [-0.05, 0) is 25.8 Å². The second-order valence-electron chi connectivity index (χ2n) is 3.73. The first-order valence-electron chi connectivity index (χ1n) is 5.05. The lowest BCUT2D eigenvalue weighted by molar-refractivity contribution is -0.143. The number of nitrogens with zero attached hydrogens (tertiary/aromatic N) is 2. The molecule has 0 amide bonds. The van der Waals surface area contributed by atoms with E-state index in [2.05, 4.69) is 6.07 Å². The van der Waals surface area contributed by atoms with Gasteiger partial charge in [-0.3, -0.25) is 9.69 Å². The van der Waals surface area contributed by atoms with Gasteiger partial charge >= 0.3 is 5.97 Å². The van der Waals surface area contributed by atoms with Gasteiger partial charge in [-0.25, -0.2) is 0 Å². The maximum absolute atomic E-state index is 10.8. The van der Waals surface area contributed by atoms with Crippen LogP contribution >= 0.6 is 0 Å². The Kier molecular flexibility index (Phi) is 3.90. The monoisotopic (exact) mass is 196 g/mol. The van der Waals surface area contributed by atoms with E-state index >= 15 is 0 Å². The van der Waals surface area contributed by atoms with Gasteiger partial charge in [0.1, 0.15) is 0 Å². The lowest BCUT2D eigenvalue weighted by Crippen LogP contribution is -2.43. The number of carboxylic acids is 1. The highest BCUT2D eigenvalue weighted by Gasteiger charge is 2.28. The van der Waals surface area contributed by atoms with E-state index in [0.717, 1.165) is 25.8 Å². The summed E-state index contributed by atoms with van der Waals surface area (Å²) in [5.41, 5.74) is 0. The van der Waals surface area contributed by atoms with E-state index in [0.29, 0.717) is 6.54 Å². The molecule has 0 aromatic carbocycles. The van der Waals surface area contributed by atoms with Crippen molar-refractivity contribution < 1.29 is 9.90 Å². The van der Waals surface area contributed by atoms with Gasteiger partial charge in [0, 0.05) is 6.54 Å². The summed E-state index contributed by atoms with van der Waals surface area (Å²) < 4.78 is 0. The van der Waals surface area contributed by atoms with Crippen LogP contribution in [0.5, 0.6) is 0 Å². The Morgan fingerprint density at radius 1 is 1.79 bits per heavy atom. The summed E-state index contributed by atoms with van der Waals surface area (Å²) in [6.45, 7) is 3.34. The Labute approximate surface area is 84.1 Å². The van der Waals surface area contributed by atoms with Gasteiger partial charge in [-0.2, -0.15) is 5.26 Å². The molecule has 1 saturated heterocycles. The molecule has 1 aliphatic rings. The standard InChI is InChI=1S/C10H16N2O2/c1-2-9(6-11)12-5-3-4-8(7-12)10(13)14/h8-9H,2-5,7H2,1H3,(H,13,14).